The van der Waals surface area contributed by atoms with E-state index < -0.39 is 5.82 Å². The van der Waals surface area contributed by atoms with Crippen LogP contribution < -0.4 is 60.6 Å². The maximum absolute atomic E-state index is 13.3. The van der Waals surface area contributed by atoms with Crippen molar-refractivity contribution >= 4 is 132 Å². The highest BCUT2D eigenvalue weighted by atomic mass is 35.5. The third kappa shape index (κ3) is 24.9. The maximum atomic E-state index is 13.3. The number of carbonyl (C=O) groups excluding carboxylic acids is 1. The Morgan fingerprint density at radius 2 is 0.752 bits per heavy atom. The molecule has 0 aromatic carbocycles. The normalized spacial score (nSPS) is 14.0. The molecule has 16 N–H and O–H groups in total. The molecule has 105 heavy (non-hydrogen) atoms. The second-order valence-electron chi connectivity index (χ2n) is 28.2. The number of halogens is 2. The van der Waals surface area contributed by atoms with E-state index in [1.807, 2.05) is 37.3 Å². The van der Waals surface area contributed by atoms with Crippen LogP contribution in [0.4, 0.5) is 63.2 Å². The Balaban J connectivity index is 0.000000206. The standard InChI is InChI=1S/C17H26N6O.C15H22ClN5.C15H22FN5.C15H23N5.C14H21N5/c1-5-6-8-17(4,10-20-12(3)24)23-15-14-13(21-16(18)22-15)11(2)7-9-19-14;2*1-4-6-7-15(3,5-2)21-13-12-11(19-14(17)20-13)8-10(16)9-18-12;1-4-6-9-15(3,5-2)20-13-12-11(8-7-10-17-12)18-14(16)19-13;1-4-8-14(3,5-2)19-12-11-10(7-6-9-16-11)17-13(15)18-12/h7,9H,5-6,8,10H2,1-4H3,(H,20,24)(H3,18,21,22,23);2*8-9H,4-7H2,1-3H3,(H3,17,19,20,21);7-8,10H,4-6,9H2,1-3H3,(H3,16,18,19,20);6-7,9H,4-5,8H2,1-3H3,(H3,15,17,18,19)/t17-;3*15-;14-/m01110/s1. The number of hydrogen-bond acceptors (Lipinski definition) is 26. The monoisotopic (exact) mass is 1460 g/mol. The summed E-state index contributed by atoms with van der Waals surface area (Å²) in [5.41, 5.74) is 36.3. The predicted octanol–water partition coefficient (Wildman–Crippen LogP) is 16.3. The first-order chi connectivity index (χ1) is 49.9. The smallest absolute Gasteiger partial charge is 0.222 e. The number of aromatic nitrogens is 15. The van der Waals surface area contributed by atoms with Gasteiger partial charge >= 0.3 is 0 Å². The molecule has 0 aliphatic carbocycles. The summed E-state index contributed by atoms with van der Waals surface area (Å²) in [6, 6.07) is 12.5. The molecule has 10 heterocycles. The minimum absolute atomic E-state index is 0.00000520. The molecule has 0 aliphatic rings. The van der Waals surface area contributed by atoms with Gasteiger partial charge in [0.05, 0.1) is 44.3 Å². The van der Waals surface area contributed by atoms with Crippen LogP contribution in [-0.4, -0.2) is 115 Å². The number of pyridine rings is 5. The van der Waals surface area contributed by atoms with E-state index in [0.717, 1.165) is 148 Å². The number of unbranched alkanes of at least 4 members (excludes halogenated alkanes) is 4. The van der Waals surface area contributed by atoms with E-state index in [1.165, 1.54) is 32.0 Å². The van der Waals surface area contributed by atoms with Crippen LogP contribution in [0.3, 0.4) is 0 Å². The van der Waals surface area contributed by atoms with Gasteiger partial charge in [0, 0.05) is 66.5 Å². The molecule has 0 saturated heterocycles. The molecule has 29 heteroatoms. The third-order valence-electron chi connectivity index (χ3n) is 18.9. The Hall–Kier alpha value is -9.86. The summed E-state index contributed by atoms with van der Waals surface area (Å²) >= 11 is 5.97. The fourth-order valence-electron chi connectivity index (χ4n) is 11.7. The number of carbonyl (C=O) groups is 1. The first-order valence-corrected chi connectivity index (χ1v) is 37.3. The molecule has 1 amide bonds. The average molecular weight is 1460 g/mol. The van der Waals surface area contributed by atoms with Gasteiger partial charge in [-0.1, -0.05) is 132 Å². The van der Waals surface area contributed by atoms with Gasteiger partial charge in [-0.25, -0.2) is 39.3 Å². The lowest BCUT2D eigenvalue weighted by Gasteiger charge is -2.32. The second kappa shape index (κ2) is 39.3. The van der Waals surface area contributed by atoms with Crippen LogP contribution in [0.5, 0.6) is 0 Å². The number of amides is 1. The molecule has 10 aromatic rings. The largest absolute Gasteiger partial charge is 0.368 e. The SMILES string of the molecule is CCCC[C@@](C)(CC)Nc1nc(N)nc2cc(Cl)cnc12.CCCC[C@@](C)(CC)Nc1nc(N)nc2cc(F)cnc12.CCCC[C@@](C)(CC)Nc1nc(N)nc2cccnc12.CCCC[C@@](C)(CNC(C)=O)Nc1nc(N)nc2c(C)ccnc12.CCC[C@](C)(CC)Nc1nc(N)nc2cccnc12. The quantitative estimate of drug-likeness (QED) is 0.0199. The molecule has 10 aromatic heterocycles. The average Bonchev–Trinajstić information content (AvgIpc) is 0.814. The number of aryl methyl sites for hydroxylation is 1. The molecule has 0 aliphatic heterocycles. The number of fused-ring (bicyclic) bond motifs is 5. The molecule has 10 rings (SSSR count). The summed E-state index contributed by atoms with van der Waals surface area (Å²) < 4.78 is 13.3. The lowest BCUT2D eigenvalue weighted by molar-refractivity contribution is -0.119. The van der Waals surface area contributed by atoms with Crippen molar-refractivity contribution in [2.24, 2.45) is 0 Å². The summed E-state index contributed by atoms with van der Waals surface area (Å²) in [7, 11) is 0. The van der Waals surface area contributed by atoms with Gasteiger partial charge in [-0.3, -0.25) is 19.7 Å². The molecule has 27 nitrogen and oxygen atoms in total. The van der Waals surface area contributed by atoms with E-state index in [2.05, 4.69) is 204 Å². The Bertz CT molecular complexity index is 4320. The maximum Gasteiger partial charge on any atom is 0.222 e. The van der Waals surface area contributed by atoms with Gasteiger partial charge in [-0.15, -0.1) is 0 Å². The topological polar surface area (TPSA) is 413 Å². The molecule has 568 valence electrons. The van der Waals surface area contributed by atoms with Gasteiger partial charge in [-0.05, 0) is 141 Å². The zero-order valence-electron chi connectivity index (χ0n) is 64.6. The molecule has 0 unspecified atom stereocenters. The molecule has 5 atom stereocenters. The Labute approximate surface area is 623 Å². The van der Waals surface area contributed by atoms with E-state index >= 15 is 0 Å². The number of nitrogens with one attached hydrogen (secondary N) is 6. The van der Waals surface area contributed by atoms with Gasteiger partial charge in [-0.2, -0.15) is 24.9 Å². The molecule has 0 fully saturated rings. The third-order valence-corrected chi connectivity index (χ3v) is 19.1. The highest BCUT2D eigenvalue weighted by Gasteiger charge is 2.29. The van der Waals surface area contributed by atoms with E-state index in [-0.39, 0.29) is 63.3 Å². The lowest BCUT2D eigenvalue weighted by atomic mass is 9.92. The zero-order valence-corrected chi connectivity index (χ0v) is 65.4. The number of anilines is 10. The summed E-state index contributed by atoms with van der Waals surface area (Å²) in [6.45, 7) is 34.3. The van der Waals surface area contributed by atoms with Crippen LogP contribution in [0.25, 0.3) is 55.2 Å². The van der Waals surface area contributed by atoms with E-state index in [0.29, 0.717) is 56.6 Å². The van der Waals surface area contributed by atoms with Crippen LogP contribution in [0.2, 0.25) is 5.02 Å². The summed E-state index contributed by atoms with van der Waals surface area (Å²) in [5.74, 6) is 3.91. The molecule has 0 saturated carbocycles. The van der Waals surface area contributed by atoms with Crippen molar-refractivity contribution in [3.63, 3.8) is 0 Å². The summed E-state index contributed by atoms with van der Waals surface area (Å²) in [5, 5.41) is 20.8. The zero-order chi connectivity index (χ0) is 77.1. The van der Waals surface area contributed by atoms with Crippen LogP contribution in [0.15, 0.2) is 73.4 Å². The minimum Gasteiger partial charge on any atom is -0.368 e. The fraction of sp³-hybridized carbons (Fsp3) is 0.526. The second-order valence-corrected chi connectivity index (χ2v) is 28.6. The number of nitrogens with two attached hydrogens (primary N) is 5. The van der Waals surface area contributed by atoms with Crippen LogP contribution in [0, 0.1) is 12.7 Å². The first kappa shape index (κ1) is 84.1. The lowest BCUT2D eigenvalue weighted by Crippen LogP contribution is -2.46. The Morgan fingerprint density at radius 1 is 0.410 bits per heavy atom. The van der Waals surface area contributed by atoms with Crippen molar-refractivity contribution in [1.29, 1.82) is 0 Å². The molecular formula is C76H114ClFN26O. The Kier molecular flexibility index (Phi) is 31.5. The van der Waals surface area contributed by atoms with E-state index in [1.54, 1.807) is 30.9 Å². The van der Waals surface area contributed by atoms with Gasteiger partial charge in [0.15, 0.2) is 29.1 Å². The van der Waals surface area contributed by atoms with Crippen molar-refractivity contribution in [3.8, 4) is 0 Å². The fourth-order valence-corrected chi connectivity index (χ4v) is 11.8. The van der Waals surface area contributed by atoms with Crippen molar-refractivity contribution in [2.45, 2.75) is 254 Å². The van der Waals surface area contributed by atoms with E-state index in [9.17, 15) is 9.18 Å². The number of rotatable bonds is 30. The van der Waals surface area contributed by atoms with Crippen molar-refractivity contribution < 1.29 is 9.18 Å². The predicted molar refractivity (Wildman–Crippen MR) is 431 cm³/mol. The van der Waals surface area contributed by atoms with Gasteiger partial charge in [0.1, 0.15) is 33.4 Å². The summed E-state index contributed by atoms with van der Waals surface area (Å²) in [4.78, 5) is 75.4. The van der Waals surface area contributed by atoms with Crippen molar-refractivity contribution in [1.82, 2.24) is 80.1 Å². The van der Waals surface area contributed by atoms with E-state index in [4.69, 9.17) is 40.3 Å². The highest BCUT2D eigenvalue weighted by molar-refractivity contribution is 6.31. The van der Waals surface area contributed by atoms with Crippen molar-refractivity contribution in [3.05, 3.63) is 89.9 Å². The van der Waals surface area contributed by atoms with Crippen LogP contribution in [-0.2, 0) is 4.79 Å². The van der Waals surface area contributed by atoms with Crippen LogP contribution >= 0.6 is 11.6 Å². The van der Waals surface area contributed by atoms with Gasteiger partial charge in [0.2, 0.25) is 35.6 Å². The molecular weight excluding hydrogens is 1350 g/mol. The number of hydrogen-bond donors (Lipinski definition) is 11. The van der Waals surface area contributed by atoms with Crippen molar-refractivity contribution in [2.75, 3.05) is 61.8 Å². The van der Waals surface area contributed by atoms with Gasteiger partial charge < -0.3 is 60.6 Å². The summed E-state index contributed by atoms with van der Waals surface area (Å²) in [6.07, 6.45) is 27.3. The molecule has 0 spiro atoms. The first-order valence-electron chi connectivity index (χ1n) is 36.9. The minimum atomic E-state index is -0.434. The van der Waals surface area contributed by atoms with Crippen LogP contribution in [0.1, 0.15) is 225 Å². The number of nitrogen functional groups attached to an aromatic ring is 5. The number of nitrogens with zero attached hydrogens (tertiary/aromatic N) is 15. The highest BCUT2D eigenvalue weighted by Crippen LogP contribution is 2.33. The van der Waals surface area contributed by atoms with Gasteiger partial charge in [0.25, 0.3) is 0 Å². The molecule has 0 radical (unpaired) electrons. The molecule has 0 bridgehead atoms. The Morgan fingerprint density at radius 3 is 1.15 bits per heavy atom.